The van der Waals surface area contributed by atoms with Crippen LogP contribution in [-0.4, -0.2) is 79.8 Å². The van der Waals surface area contributed by atoms with Crippen LogP contribution in [0.25, 0.3) is 0 Å². The smallest absolute Gasteiger partial charge is 0.253 e. The predicted octanol–water partition coefficient (Wildman–Crippen LogP) is 3.94. The molecule has 3 atom stereocenters. The number of nitrogens with zero attached hydrogens (tertiary/aromatic N) is 1. The maximum Gasteiger partial charge on any atom is 0.253 e. The molecule has 3 rings (SSSR count). The SMILES string of the molecule is CCCN(CCC)C(=O)c1cc(C(=O)N[C@@H](Cc2cc(F)cc(F)c2)[C@H](O)CNCc2cccc(CC)c2)cc(S(=O)(=O)NC[C@H](C)O)c1. The van der Waals surface area contributed by atoms with Crippen LogP contribution in [0.4, 0.5) is 8.78 Å². The highest BCUT2D eigenvalue weighted by Gasteiger charge is 2.27. The monoisotopic (exact) mass is 702 g/mol. The summed E-state index contributed by atoms with van der Waals surface area (Å²) in [5.41, 5.74) is 2.10. The summed E-state index contributed by atoms with van der Waals surface area (Å²) >= 11 is 0. The fraction of sp³-hybridized carbons (Fsp3) is 0.444. The van der Waals surface area contributed by atoms with Crippen molar-refractivity contribution in [3.8, 4) is 0 Å². The Balaban J connectivity index is 1.97. The van der Waals surface area contributed by atoms with Crippen LogP contribution in [0.2, 0.25) is 0 Å². The molecule has 0 aliphatic heterocycles. The number of carbonyl (C=O) groups excluding carboxylic acids is 2. The van der Waals surface area contributed by atoms with Gasteiger partial charge in [0, 0.05) is 49.9 Å². The van der Waals surface area contributed by atoms with Gasteiger partial charge in [0.1, 0.15) is 11.6 Å². The van der Waals surface area contributed by atoms with Gasteiger partial charge in [0.25, 0.3) is 11.8 Å². The van der Waals surface area contributed by atoms with E-state index in [1.165, 1.54) is 19.1 Å². The molecule has 0 radical (unpaired) electrons. The summed E-state index contributed by atoms with van der Waals surface area (Å²) < 4.78 is 56.9. The first-order chi connectivity index (χ1) is 23.3. The molecule has 3 aromatic carbocycles. The van der Waals surface area contributed by atoms with E-state index in [2.05, 4.69) is 15.4 Å². The molecule has 0 aliphatic carbocycles. The molecule has 13 heteroatoms. The number of amides is 2. The lowest BCUT2D eigenvalue weighted by molar-refractivity contribution is 0.0755. The molecule has 10 nitrogen and oxygen atoms in total. The van der Waals surface area contributed by atoms with Crippen molar-refractivity contribution in [2.45, 2.75) is 83.1 Å². The third kappa shape index (κ3) is 12.3. The highest BCUT2D eigenvalue weighted by atomic mass is 32.2. The Hall–Kier alpha value is -3.75. The quantitative estimate of drug-likeness (QED) is 0.127. The molecule has 0 aliphatic rings. The number of hydrogen-bond donors (Lipinski definition) is 5. The van der Waals surface area contributed by atoms with Crippen LogP contribution in [0.1, 0.15) is 77.9 Å². The first-order valence-corrected chi connectivity index (χ1v) is 18.1. The van der Waals surface area contributed by atoms with Gasteiger partial charge in [-0.2, -0.15) is 0 Å². The van der Waals surface area contributed by atoms with Gasteiger partial charge < -0.3 is 25.7 Å². The summed E-state index contributed by atoms with van der Waals surface area (Å²) in [5, 5.41) is 26.8. The lowest BCUT2D eigenvalue weighted by Gasteiger charge is -2.26. The summed E-state index contributed by atoms with van der Waals surface area (Å²) in [6.07, 6.45) is -0.219. The van der Waals surface area contributed by atoms with E-state index in [0.717, 1.165) is 41.8 Å². The van der Waals surface area contributed by atoms with E-state index >= 15 is 0 Å². The van der Waals surface area contributed by atoms with Crippen molar-refractivity contribution >= 4 is 21.8 Å². The normalized spacial score (nSPS) is 13.5. The van der Waals surface area contributed by atoms with Crippen LogP contribution >= 0.6 is 0 Å². The molecule has 0 unspecified atom stereocenters. The molecule has 0 aromatic heterocycles. The predicted molar refractivity (Wildman–Crippen MR) is 185 cm³/mol. The van der Waals surface area contributed by atoms with Crippen molar-refractivity contribution in [1.29, 1.82) is 0 Å². The van der Waals surface area contributed by atoms with Gasteiger partial charge in [0.2, 0.25) is 10.0 Å². The molecule has 3 aromatic rings. The number of sulfonamides is 1. The van der Waals surface area contributed by atoms with Crippen LogP contribution in [0.3, 0.4) is 0 Å². The maximum absolute atomic E-state index is 14.1. The average Bonchev–Trinajstić information content (AvgIpc) is 3.06. The number of aliphatic hydroxyl groups excluding tert-OH is 2. The minimum Gasteiger partial charge on any atom is -0.392 e. The lowest BCUT2D eigenvalue weighted by Crippen LogP contribution is -2.48. The zero-order chi connectivity index (χ0) is 36.1. The Morgan fingerprint density at radius 2 is 1.47 bits per heavy atom. The number of benzene rings is 3. The van der Waals surface area contributed by atoms with E-state index in [-0.39, 0.29) is 41.1 Å². The zero-order valence-electron chi connectivity index (χ0n) is 28.5. The first kappa shape index (κ1) is 39.7. The second kappa shape index (κ2) is 18.9. The van der Waals surface area contributed by atoms with Crippen molar-refractivity contribution in [1.82, 2.24) is 20.3 Å². The number of halogens is 2. The van der Waals surface area contributed by atoms with E-state index in [0.29, 0.717) is 32.5 Å². The van der Waals surface area contributed by atoms with Crippen LogP contribution < -0.4 is 15.4 Å². The van der Waals surface area contributed by atoms with Crippen molar-refractivity contribution in [2.24, 2.45) is 0 Å². The first-order valence-electron chi connectivity index (χ1n) is 16.6. The molecule has 5 N–H and O–H groups in total. The third-order valence-corrected chi connectivity index (χ3v) is 9.21. The molecule has 49 heavy (non-hydrogen) atoms. The number of nitrogens with one attached hydrogen (secondary N) is 3. The Morgan fingerprint density at radius 1 is 0.837 bits per heavy atom. The largest absolute Gasteiger partial charge is 0.392 e. The second-order valence-electron chi connectivity index (χ2n) is 12.2. The third-order valence-electron chi connectivity index (χ3n) is 7.81. The van der Waals surface area contributed by atoms with Crippen LogP contribution in [-0.2, 0) is 29.4 Å². The van der Waals surface area contributed by atoms with Crippen molar-refractivity contribution in [2.75, 3.05) is 26.2 Å². The van der Waals surface area contributed by atoms with Gasteiger partial charge >= 0.3 is 0 Å². The Morgan fingerprint density at radius 3 is 2.08 bits per heavy atom. The number of aliphatic hydroxyl groups is 2. The van der Waals surface area contributed by atoms with Gasteiger partial charge in [-0.3, -0.25) is 9.59 Å². The van der Waals surface area contributed by atoms with Crippen LogP contribution in [0.5, 0.6) is 0 Å². The summed E-state index contributed by atoms with van der Waals surface area (Å²) in [5.74, 6) is -2.92. The number of aryl methyl sites for hydroxylation is 1. The van der Waals surface area contributed by atoms with Gasteiger partial charge in [0.05, 0.1) is 23.1 Å². The van der Waals surface area contributed by atoms with Crippen molar-refractivity contribution in [3.05, 3.63) is 100 Å². The molecule has 0 heterocycles. The fourth-order valence-corrected chi connectivity index (χ4v) is 6.54. The van der Waals surface area contributed by atoms with E-state index in [9.17, 15) is 37.0 Å². The summed E-state index contributed by atoms with van der Waals surface area (Å²) in [4.78, 5) is 28.6. The number of rotatable bonds is 19. The van der Waals surface area contributed by atoms with Crippen LogP contribution in [0, 0.1) is 11.6 Å². The Labute approximate surface area is 288 Å². The standard InChI is InChI=1S/C36H48F2N4O6S/c1-5-11-42(12-6-2)36(46)29-17-28(18-32(19-29)49(47,48)40-21-24(4)43)35(45)41-33(16-27-14-30(37)20-31(38)15-27)34(44)23-39-22-26-10-8-9-25(7-3)13-26/h8-10,13-15,17-20,24,33-34,39-40,43-44H,5-7,11-12,16,21-23H2,1-4H3,(H,41,45)/t24-,33-,34+/m0/s1. The van der Waals surface area contributed by atoms with Gasteiger partial charge in [-0.15, -0.1) is 0 Å². The Bertz CT molecular complexity index is 1640. The summed E-state index contributed by atoms with van der Waals surface area (Å²) in [6, 6.07) is 13.3. The van der Waals surface area contributed by atoms with E-state index in [1.807, 2.05) is 45.0 Å². The van der Waals surface area contributed by atoms with Gasteiger partial charge in [0.15, 0.2) is 0 Å². The van der Waals surface area contributed by atoms with E-state index in [4.69, 9.17) is 0 Å². The molecule has 268 valence electrons. The van der Waals surface area contributed by atoms with Gasteiger partial charge in [-0.05, 0) is 79.6 Å². The molecular weight excluding hydrogens is 654 g/mol. The van der Waals surface area contributed by atoms with Gasteiger partial charge in [-0.25, -0.2) is 21.9 Å². The summed E-state index contributed by atoms with van der Waals surface area (Å²) in [6.45, 7) is 8.21. The lowest BCUT2D eigenvalue weighted by atomic mass is 9.99. The Kier molecular flexibility index (Phi) is 15.3. The number of carbonyl (C=O) groups is 2. The number of hydrogen-bond acceptors (Lipinski definition) is 7. The van der Waals surface area contributed by atoms with Gasteiger partial charge in [-0.1, -0.05) is 45.0 Å². The second-order valence-corrected chi connectivity index (χ2v) is 13.9. The molecular formula is C36H48F2N4O6S. The fourth-order valence-electron chi connectivity index (χ4n) is 5.34. The average molecular weight is 703 g/mol. The topological polar surface area (TPSA) is 148 Å². The molecule has 2 amide bonds. The van der Waals surface area contributed by atoms with Crippen molar-refractivity contribution < 1.29 is 37.0 Å². The molecule has 0 spiro atoms. The van der Waals surface area contributed by atoms with E-state index < -0.39 is 51.7 Å². The molecule has 0 saturated carbocycles. The summed E-state index contributed by atoms with van der Waals surface area (Å²) in [7, 11) is -4.27. The molecule has 0 saturated heterocycles. The highest BCUT2D eigenvalue weighted by molar-refractivity contribution is 7.89. The minimum absolute atomic E-state index is 0.00348. The highest BCUT2D eigenvalue weighted by Crippen LogP contribution is 2.19. The minimum atomic E-state index is -4.27. The van der Waals surface area contributed by atoms with Crippen LogP contribution in [0.15, 0.2) is 65.6 Å². The zero-order valence-corrected chi connectivity index (χ0v) is 29.3. The van der Waals surface area contributed by atoms with Crippen molar-refractivity contribution in [3.63, 3.8) is 0 Å². The molecule has 0 fully saturated rings. The van der Waals surface area contributed by atoms with E-state index in [1.54, 1.807) is 4.90 Å². The maximum atomic E-state index is 14.1. The molecule has 0 bridgehead atoms.